The molecule has 0 bridgehead atoms. The van der Waals surface area contributed by atoms with Crippen LogP contribution in [0, 0.1) is 0 Å². The van der Waals surface area contributed by atoms with Crippen LogP contribution < -0.4 is 10.1 Å². The first-order valence-electron chi connectivity index (χ1n) is 8.89. The molecule has 146 valence electrons. The van der Waals surface area contributed by atoms with E-state index in [1.54, 1.807) is 30.3 Å². The van der Waals surface area contributed by atoms with E-state index in [4.69, 9.17) is 4.74 Å². The summed E-state index contributed by atoms with van der Waals surface area (Å²) in [6, 6.07) is 17.2. The van der Waals surface area contributed by atoms with E-state index in [9.17, 15) is 4.79 Å². The van der Waals surface area contributed by atoms with Crippen molar-refractivity contribution in [2.75, 3.05) is 12.4 Å². The van der Waals surface area contributed by atoms with Crippen LogP contribution in [0.2, 0.25) is 0 Å². The maximum absolute atomic E-state index is 12.5. The Bertz CT molecular complexity index is 1130. The summed E-state index contributed by atoms with van der Waals surface area (Å²) in [5, 5.41) is 14.1. The number of nitrogens with zero attached hydrogens (tertiary/aromatic N) is 3. The van der Waals surface area contributed by atoms with E-state index in [0.717, 1.165) is 21.3 Å². The fourth-order valence-corrected chi connectivity index (χ4v) is 3.12. The van der Waals surface area contributed by atoms with Crippen LogP contribution in [-0.2, 0) is 6.54 Å². The standard InChI is InChI=1S/C21H18BrN5O2/c1-29-18-4-2-3-15(9-18)19-10-20(26-25-19)21(28)24-17-11-23-27(13-17)12-14-5-7-16(22)8-6-14/h2-11,13H,12H2,1H3,(H,24,28)(H,25,26). The molecule has 4 aromatic rings. The molecule has 0 aliphatic rings. The zero-order valence-corrected chi connectivity index (χ0v) is 17.2. The van der Waals surface area contributed by atoms with Crippen LogP contribution in [0.1, 0.15) is 16.1 Å². The van der Waals surface area contributed by atoms with Gasteiger partial charge in [0.25, 0.3) is 5.91 Å². The molecule has 2 aromatic heterocycles. The third kappa shape index (κ3) is 4.55. The number of carbonyl (C=O) groups is 1. The molecule has 0 saturated carbocycles. The van der Waals surface area contributed by atoms with Gasteiger partial charge in [0.1, 0.15) is 11.4 Å². The highest BCUT2D eigenvalue weighted by molar-refractivity contribution is 9.10. The number of H-pyrrole nitrogens is 1. The Morgan fingerprint density at radius 3 is 2.83 bits per heavy atom. The van der Waals surface area contributed by atoms with Gasteiger partial charge in [0.2, 0.25) is 0 Å². The van der Waals surface area contributed by atoms with Gasteiger partial charge in [-0.2, -0.15) is 10.2 Å². The molecule has 0 saturated heterocycles. The predicted molar refractivity (Wildman–Crippen MR) is 114 cm³/mol. The van der Waals surface area contributed by atoms with Crippen LogP contribution in [-0.4, -0.2) is 33.0 Å². The predicted octanol–water partition coefficient (Wildman–Crippen LogP) is 4.34. The van der Waals surface area contributed by atoms with Gasteiger partial charge in [-0.15, -0.1) is 0 Å². The van der Waals surface area contributed by atoms with Gasteiger partial charge in [0.15, 0.2) is 0 Å². The zero-order valence-electron chi connectivity index (χ0n) is 15.6. The number of anilines is 1. The monoisotopic (exact) mass is 451 g/mol. The van der Waals surface area contributed by atoms with Crippen LogP contribution in [0.5, 0.6) is 5.75 Å². The highest BCUT2D eigenvalue weighted by Crippen LogP contribution is 2.23. The first-order valence-corrected chi connectivity index (χ1v) is 9.68. The fourth-order valence-electron chi connectivity index (χ4n) is 2.86. The molecule has 7 nitrogen and oxygen atoms in total. The number of benzene rings is 2. The quantitative estimate of drug-likeness (QED) is 0.456. The molecule has 29 heavy (non-hydrogen) atoms. The van der Waals surface area contributed by atoms with E-state index in [1.165, 1.54) is 0 Å². The van der Waals surface area contributed by atoms with Crippen LogP contribution in [0.15, 0.2) is 71.5 Å². The summed E-state index contributed by atoms with van der Waals surface area (Å²) < 4.78 is 8.03. The van der Waals surface area contributed by atoms with E-state index >= 15 is 0 Å². The third-order valence-electron chi connectivity index (χ3n) is 4.34. The molecular formula is C21H18BrN5O2. The molecule has 8 heteroatoms. The SMILES string of the molecule is COc1cccc(-c2cc(C(=O)Nc3cnn(Cc4ccc(Br)cc4)c3)[nH]n2)c1. The fraction of sp³-hybridized carbons (Fsp3) is 0.0952. The van der Waals surface area contributed by atoms with Crippen molar-refractivity contribution in [2.24, 2.45) is 0 Å². The van der Waals surface area contributed by atoms with Gasteiger partial charge in [0, 0.05) is 16.2 Å². The molecule has 0 aliphatic carbocycles. The summed E-state index contributed by atoms with van der Waals surface area (Å²) in [7, 11) is 1.61. The van der Waals surface area contributed by atoms with Crippen LogP contribution in [0.4, 0.5) is 5.69 Å². The lowest BCUT2D eigenvalue weighted by Crippen LogP contribution is -2.11. The van der Waals surface area contributed by atoms with Gasteiger partial charge >= 0.3 is 0 Å². The van der Waals surface area contributed by atoms with Crippen molar-refractivity contribution in [2.45, 2.75) is 6.54 Å². The summed E-state index contributed by atoms with van der Waals surface area (Å²) in [5.74, 6) is 0.449. The van der Waals surface area contributed by atoms with Crippen LogP contribution >= 0.6 is 15.9 Å². The van der Waals surface area contributed by atoms with Gasteiger partial charge in [0.05, 0.1) is 31.2 Å². The van der Waals surface area contributed by atoms with Crippen LogP contribution in [0.3, 0.4) is 0 Å². The minimum absolute atomic E-state index is 0.283. The molecule has 1 amide bonds. The zero-order chi connectivity index (χ0) is 20.2. The molecule has 2 aromatic carbocycles. The first kappa shape index (κ1) is 18.9. The topological polar surface area (TPSA) is 84.8 Å². The molecule has 2 N–H and O–H groups in total. The Labute approximate surface area is 175 Å². The van der Waals surface area contributed by atoms with Crippen molar-refractivity contribution < 1.29 is 9.53 Å². The largest absolute Gasteiger partial charge is 0.497 e. The number of amides is 1. The Hall–Kier alpha value is -3.39. The number of rotatable bonds is 6. The van der Waals surface area contributed by atoms with Crippen molar-refractivity contribution in [3.8, 4) is 17.0 Å². The molecule has 2 heterocycles. The number of halogens is 1. The smallest absolute Gasteiger partial charge is 0.273 e. The van der Waals surface area contributed by atoms with Gasteiger partial charge in [-0.1, -0.05) is 40.2 Å². The molecule has 0 unspecified atom stereocenters. The second-order valence-electron chi connectivity index (χ2n) is 6.41. The highest BCUT2D eigenvalue weighted by atomic mass is 79.9. The summed E-state index contributed by atoms with van der Waals surface area (Å²) in [6.07, 6.45) is 3.41. The molecule has 0 fully saturated rings. The van der Waals surface area contributed by atoms with E-state index in [-0.39, 0.29) is 5.91 Å². The van der Waals surface area contributed by atoms with Gasteiger partial charge < -0.3 is 10.1 Å². The molecule has 0 radical (unpaired) electrons. The number of methoxy groups -OCH3 is 1. The molecule has 4 rings (SSSR count). The number of aromatic nitrogens is 4. The first-order chi connectivity index (χ1) is 14.1. The summed E-state index contributed by atoms with van der Waals surface area (Å²) >= 11 is 3.42. The van der Waals surface area contributed by atoms with Gasteiger partial charge in [-0.05, 0) is 35.9 Å². The molecular weight excluding hydrogens is 434 g/mol. The number of nitrogens with one attached hydrogen (secondary N) is 2. The lowest BCUT2D eigenvalue weighted by Gasteiger charge is -2.02. The molecule has 0 aliphatic heterocycles. The van der Waals surface area contributed by atoms with Crippen molar-refractivity contribution in [1.82, 2.24) is 20.0 Å². The number of hydrogen-bond acceptors (Lipinski definition) is 4. The average Bonchev–Trinajstić information content (AvgIpc) is 3.40. The van der Waals surface area contributed by atoms with Crippen molar-refractivity contribution in [3.63, 3.8) is 0 Å². The summed E-state index contributed by atoms with van der Waals surface area (Å²) in [4.78, 5) is 12.5. The highest BCUT2D eigenvalue weighted by Gasteiger charge is 2.13. The summed E-state index contributed by atoms with van der Waals surface area (Å²) in [5.41, 5.74) is 3.63. The maximum atomic E-state index is 12.5. The Balaban J connectivity index is 1.43. The van der Waals surface area contributed by atoms with E-state index < -0.39 is 0 Å². The second kappa shape index (κ2) is 8.32. The lowest BCUT2D eigenvalue weighted by molar-refractivity contribution is 0.102. The molecule has 0 atom stereocenters. The number of carbonyl (C=O) groups excluding carboxylic acids is 1. The van der Waals surface area contributed by atoms with E-state index in [2.05, 4.69) is 36.5 Å². The van der Waals surface area contributed by atoms with Crippen LogP contribution in [0.25, 0.3) is 11.3 Å². The van der Waals surface area contributed by atoms with E-state index in [0.29, 0.717) is 23.6 Å². The van der Waals surface area contributed by atoms with E-state index in [1.807, 2.05) is 48.5 Å². The van der Waals surface area contributed by atoms with Gasteiger partial charge in [-0.3, -0.25) is 14.6 Å². The van der Waals surface area contributed by atoms with Gasteiger partial charge in [-0.25, -0.2) is 0 Å². The van der Waals surface area contributed by atoms with Crippen molar-refractivity contribution in [1.29, 1.82) is 0 Å². The Morgan fingerprint density at radius 1 is 1.21 bits per heavy atom. The molecule has 0 spiro atoms. The van der Waals surface area contributed by atoms with Crippen molar-refractivity contribution >= 4 is 27.5 Å². The minimum atomic E-state index is -0.283. The third-order valence-corrected chi connectivity index (χ3v) is 4.87. The van der Waals surface area contributed by atoms with Crippen molar-refractivity contribution in [3.05, 3.63) is 82.7 Å². The minimum Gasteiger partial charge on any atom is -0.497 e. The Kier molecular flexibility index (Phi) is 5.44. The summed E-state index contributed by atoms with van der Waals surface area (Å²) in [6.45, 7) is 0.618. The lowest BCUT2D eigenvalue weighted by atomic mass is 10.1. The number of aromatic amines is 1. The Morgan fingerprint density at radius 2 is 2.03 bits per heavy atom. The number of hydrogen-bond donors (Lipinski definition) is 2. The average molecular weight is 452 g/mol. The number of ether oxygens (including phenoxy) is 1. The normalized spacial score (nSPS) is 10.7. The maximum Gasteiger partial charge on any atom is 0.273 e. The second-order valence-corrected chi connectivity index (χ2v) is 7.32.